The van der Waals surface area contributed by atoms with Gasteiger partial charge in [-0.05, 0) is 63.0 Å². The van der Waals surface area contributed by atoms with E-state index in [2.05, 4.69) is 34.1 Å². The molecule has 1 aromatic carbocycles. The summed E-state index contributed by atoms with van der Waals surface area (Å²) in [5.41, 5.74) is 0.904. The molecule has 164 valence electrons. The van der Waals surface area contributed by atoms with E-state index in [9.17, 15) is 4.79 Å². The van der Waals surface area contributed by atoms with E-state index in [0.717, 1.165) is 44.8 Å². The highest BCUT2D eigenvalue weighted by atomic mass is 16.5. The van der Waals surface area contributed by atoms with E-state index in [4.69, 9.17) is 9.47 Å². The summed E-state index contributed by atoms with van der Waals surface area (Å²) in [6.07, 6.45) is 7.95. The van der Waals surface area contributed by atoms with Crippen LogP contribution in [0.5, 0.6) is 5.75 Å². The molecule has 0 bridgehead atoms. The topological polar surface area (TPSA) is 45.3 Å². The molecule has 30 heavy (non-hydrogen) atoms. The van der Waals surface area contributed by atoms with E-state index < -0.39 is 0 Å². The van der Waals surface area contributed by atoms with Crippen LogP contribution in [0.4, 0.5) is 0 Å². The molecule has 6 nitrogen and oxygen atoms in total. The van der Waals surface area contributed by atoms with Crippen molar-refractivity contribution in [2.24, 2.45) is 0 Å². The van der Waals surface area contributed by atoms with E-state index >= 15 is 0 Å². The maximum atomic E-state index is 12.4. The summed E-state index contributed by atoms with van der Waals surface area (Å²) in [5.74, 6) is 1.21. The first-order valence-electron chi connectivity index (χ1n) is 11.9. The predicted octanol–water partition coefficient (Wildman–Crippen LogP) is 2.86. The summed E-state index contributed by atoms with van der Waals surface area (Å²) in [5, 5.41) is 0. The molecule has 4 aliphatic rings. The van der Waals surface area contributed by atoms with Gasteiger partial charge in [0.2, 0.25) is 5.91 Å². The molecule has 1 amide bonds. The highest BCUT2D eigenvalue weighted by Gasteiger charge is 2.61. The van der Waals surface area contributed by atoms with Crippen LogP contribution in [0.1, 0.15) is 50.5 Å². The third-order valence-electron chi connectivity index (χ3n) is 7.38. The van der Waals surface area contributed by atoms with Gasteiger partial charge in [0.05, 0.1) is 19.3 Å². The number of amides is 1. The van der Waals surface area contributed by atoms with Crippen molar-refractivity contribution in [3.63, 3.8) is 0 Å². The molecule has 4 aliphatic heterocycles. The van der Waals surface area contributed by atoms with E-state index in [1.165, 1.54) is 50.9 Å². The predicted molar refractivity (Wildman–Crippen MR) is 115 cm³/mol. The Morgan fingerprint density at radius 3 is 2.90 bits per heavy atom. The summed E-state index contributed by atoms with van der Waals surface area (Å²) in [7, 11) is 0. The molecule has 0 aliphatic carbocycles. The van der Waals surface area contributed by atoms with Crippen LogP contribution >= 0.6 is 0 Å². The lowest BCUT2D eigenvalue weighted by atomic mass is 10.1. The zero-order valence-electron chi connectivity index (χ0n) is 18.1. The minimum Gasteiger partial charge on any atom is -0.494 e. The highest BCUT2D eigenvalue weighted by Crippen LogP contribution is 2.46. The number of benzene rings is 1. The van der Waals surface area contributed by atoms with Gasteiger partial charge >= 0.3 is 0 Å². The van der Waals surface area contributed by atoms with Gasteiger partial charge in [-0.25, -0.2) is 0 Å². The molecule has 0 aromatic heterocycles. The van der Waals surface area contributed by atoms with Crippen LogP contribution < -0.4 is 4.74 Å². The maximum absolute atomic E-state index is 12.4. The molecule has 1 aromatic rings. The van der Waals surface area contributed by atoms with Gasteiger partial charge in [0, 0.05) is 32.5 Å². The van der Waals surface area contributed by atoms with E-state index in [1.54, 1.807) is 0 Å². The molecule has 1 spiro atoms. The average Bonchev–Trinajstić information content (AvgIpc) is 3.41. The van der Waals surface area contributed by atoms with E-state index in [-0.39, 0.29) is 17.7 Å². The molecule has 0 saturated carbocycles. The average molecular weight is 414 g/mol. The summed E-state index contributed by atoms with van der Waals surface area (Å²) in [6.45, 7) is 7.80. The van der Waals surface area contributed by atoms with E-state index in [1.807, 2.05) is 4.90 Å². The number of ether oxygens (including phenoxy) is 2. The Kier molecular flexibility index (Phi) is 5.98. The number of likely N-dealkylation sites (tertiary alicyclic amines) is 2. The van der Waals surface area contributed by atoms with Crippen LogP contribution in [0, 0.1) is 0 Å². The Morgan fingerprint density at radius 2 is 2.00 bits per heavy atom. The largest absolute Gasteiger partial charge is 0.494 e. The number of hydrogen-bond donors (Lipinski definition) is 0. The Labute approximate surface area is 180 Å². The smallest absolute Gasteiger partial charge is 0.226 e. The third-order valence-corrected chi connectivity index (χ3v) is 7.38. The molecule has 0 unspecified atom stereocenters. The van der Waals surface area contributed by atoms with Gasteiger partial charge in [-0.15, -0.1) is 0 Å². The minimum absolute atomic E-state index is 0.187. The van der Waals surface area contributed by atoms with Gasteiger partial charge in [-0.2, -0.15) is 0 Å². The molecular weight excluding hydrogens is 378 g/mol. The Morgan fingerprint density at radius 1 is 1.10 bits per heavy atom. The van der Waals surface area contributed by atoms with Gasteiger partial charge in [0.25, 0.3) is 0 Å². The standard InChI is InChI=1S/C24H35N3O3/c28-23-18-22-24(27(23)14-16-30-24)9-13-26(22)19-20-7-6-8-21(17-20)29-15-5-4-12-25-10-2-1-3-11-25/h6-8,17,22H,1-5,9-16,18-19H2/t22-,24+/m1/s1. The van der Waals surface area contributed by atoms with Crippen molar-refractivity contribution < 1.29 is 14.3 Å². The van der Waals surface area contributed by atoms with Crippen molar-refractivity contribution >= 4 is 5.91 Å². The Bertz CT molecular complexity index is 751. The second-order valence-corrected chi connectivity index (χ2v) is 9.28. The van der Waals surface area contributed by atoms with Crippen molar-refractivity contribution in [1.29, 1.82) is 0 Å². The van der Waals surface area contributed by atoms with Gasteiger partial charge in [0.15, 0.2) is 5.72 Å². The van der Waals surface area contributed by atoms with Crippen LogP contribution in [0.25, 0.3) is 0 Å². The monoisotopic (exact) mass is 413 g/mol. The molecule has 2 atom stereocenters. The van der Waals surface area contributed by atoms with Gasteiger partial charge in [-0.3, -0.25) is 9.69 Å². The lowest BCUT2D eigenvalue weighted by Crippen LogP contribution is -2.47. The fourth-order valence-corrected chi connectivity index (χ4v) is 5.84. The molecule has 0 radical (unpaired) electrons. The summed E-state index contributed by atoms with van der Waals surface area (Å²) in [4.78, 5) is 19.4. The fraction of sp³-hybridized carbons (Fsp3) is 0.708. The lowest BCUT2D eigenvalue weighted by molar-refractivity contribution is -0.136. The molecule has 0 N–H and O–H groups in total. The quantitative estimate of drug-likeness (QED) is 0.614. The van der Waals surface area contributed by atoms with Gasteiger partial charge in [-0.1, -0.05) is 18.6 Å². The normalized spacial score (nSPS) is 29.4. The second-order valence-electron chi connectivity index (χ2n) is 9.28. The summed E-state index contributed by atoms with van der Waals surface area (Å²) in [6, 6.07) is 8.66. The van der Waals surface area contributed by atoms with Crippen LogP contribution in [0.15, 0.2) is 24.3 Å². The molecule has 4 fully saturated rings. The van der Waals surface area contributed by atoms with Crippen LogP contribution in [-0.2, 0) is 16.1 Å². The SMILES string of the molecule is O=C1C[C@H]2N(Cc3cccc(OCCCCN4CCCCC4)c3)CC[C@]23OCCN13. The summed E-state index contributed by atoms with van der Waals surface area (Å²) >= 11 is 0. The number of piperidine rings is 1. The number of nitrogens with zero attached hydrogens (tertiary/aromatic N) is 3. The number of carbonyl (C=O) groups is 1. The summed E-state index contributed by atoms with van der Waals surface area (Å²) < 4.78 is 12.2. The van der Waals surface area contributed by atoms with Gasteiger partial charge < -0.3 is 19.3 Å². The Hall–Kier alpha value is -1.63. The molecule has 5 rings (SSSR count). The Balaban J connectivity index is 1.10. The maximum Gasteiger partial charge on any atom is 0.226 e. The van der Waals surface area contributed by atoms with Crippen molar-refractivity contribution in [3.8, 4) is 5.75 Å². The number of rotatable bonds is 8. The zero-order valence-corrected chi connectivity index (χ0v) is 18.1. The fourth-order valence-electron chi connectivity index (χ4n) is 5.84. The van der Waals surface area contributed by atoms with E-state index in [0.29, 0.717) is 13.0 Å². The van der Waals surface area contributed by atoms with Crippen LogP contribution in [0.3, 0.4) is 0 Å². The van der Waals surface area contributed by atoms with Crippen LogP contribution in [-0.4, -0.2) is 78.3 Å². The lowest BCUT2D eigenvalue weighted by Gasteiger charge is -2.31. The molecule has 6 heteroatoms. The number of carbonyl (C=O) groups excluding carboxylic acids is 1. The van der Waals surface area contributed by atoms with Crippen molar-refractivity contribution in [2.75, 3.05) is 45.9 Å². The molecular formula is C24H35N3O3. The zero-order chi connectivity index (χ0) is 20.4. The minimum atomic E-state index is -0.348. The van der Waals surface area contributed by atoms with Crippen molar-refractivity contribution in [1.82, 2.24) is 14.7 Å². The van der Waals surface area contributed by atoms with Crippen molar-refractivity contribution in [3.05, 3.63) is 29.8 Å². The molecule has 4 saturated heterocycles. The second kappa shape index (κ2) is 8.85. The number of hydrogen-bond acceptors (Lipinski definition) is 5. The molecule has 4 heterocycles. The third kappa shape index (κ3) is 3.97. The number of unbranched alkanes of at least 4 members (excludes halogenated alkanes) is 1. The first-order valence-corrected chi connectivity index (χ1v) is 11.9. The van der Waals surface area contributed by atoms with Gasteiger partial charge in [0.1, 0.15) is 5.75 Å². The first-order chi connectivity index (χ1) is 14.7. The van der Waals surface area contributed by atoms with Crippen molar-refractivity contribution in [2.45, 2.75) is 63.3 Å². The first kappa shape index (κ1) is 20.3. The van der Waals surface area contributed by atoms with Crippen LogP contribution in [0.2, 0.25) is 0 Å². The highest BCUT2D eigenvalue weighted by molar-refractivity contribution is 5.81.